The van der Waals surface area contributed by atoms with E-state index in [1.54, 1.807) is 39.6 Å². The number of ether oxygens (including phenoxy) is 2. The molecule has 1 N–H and O–H groups in total. The first-order chi connectivity index (χ1) is 8.21. The molecular weight excluding hydrogens is 220 g/mol. The fourth-order valence-electron chi connectivity index (χ4n) is 1.75. The van der Waals surface area contributed by atoms with Crippen LogP contribution in [0.5, 0.6) is 11.5 Å². The summed E-state index contributed by atoms with van der Waals surface area (Å²) in [4.78, 5) is 11.5. The van der Waals surface area contributed by atoms with Crippen LogP contribution in [-0.4, -0.2) is 31.6 Å². The average molecular weight is 234 g/mol. The van der Waals surface area contributed by atoms with Gasteiger partial charge < -0.3 is 19.2 Å². The van der Waals surface area contributed by atoms with Gasteiger partial charge in [-0.2, -0.15) is 0 Å². The van der Waals surface area contributed by atoms with Gasteiger partial charge in [0.25, 0.3) is 5.91 Å². The summed E-state index contributed by atoms with van der Waals surface area (Å²) in [6.07, 6.45) is 3.60. The van der Waals surface area contributed by atoms with Crippen molar-refractivity contribution in [1.82, 2.24) is 9.72 Å². The molecule has 5 nitrogen and oxygen atoms in total. The summed E-state index contributed by atoms with van der Waals surface area (Å²) in [5.41, 5.74) is 1.38. The number of methoxy groups -OCH3 is 2. The van der Waals surface area contributed by atoms with E-state index in [1.165, 1.54) is 0 Å². The summed E-state index contributed by atoms with van der Waals surface area (Å²) in [7, 11) is 4.75. The van der Waals surface area contributed by atoms with E-state index >= 15 is 0 Å². The van der Waals surface area contributed by atoms with Crippen LogP contribution >= 0.6 is 0 Å². The molecule has 0 fully saturated rings. The first-order valence-corrected chi connectivity index (χ1v) is 5.16. The first-order valence-electron chi connectivity index (χ1n) is 5.16. The molecule has 0 saturated heterocycles. The Hall–Kier alpha value is -2.17. The highest BCUT2D eigenvalue weighted by Crippen LogP contribution is 2.33. The number of rotatable bonds is 3. The molecule has 0 aliphatic rings. The summed E-state index contributed by atoms with van der Waals surface area (Å²) >= 11 is 0. The van der Waals surface area contributed by atoms with Crippen LogP contribution in [0.15, 0.2) is 24.5 Å². The molecule has 1 amide bonds. The zero-order valence-electron chi connectivity index (χ0n) is 9.98. The van der Waals surface area contributed by atoms with E-state index in [-0.39, 0.29) is 5.91 Å². The average Bonchev–Trinajstić information content (AvgIpc) is 2.74. The number of hydrogen-bond acceptors (Lipinski definition) is 3. The maximum absolute atomic E-state index is 11.5. The lowest BCUT2D eigenvalue weighted by Crippen LogP contribution is -2.17. The van der Waals surface area contributed by atoms with Crippen molar-refractivity contribution in [2.75, 3.05) is 21.3 Å². The van der Waals surface area contributed by atoms with Crippen molar-refractivity contribution in [1.29, 1.82) is 0 Å². The second-order valence-electron chi connectivity index (χ2n) is 3.52. The van der Waals surface area contributed by atoms with Crippen LogP contribution in [0.4, 0.5) is 0 Å². The Labute approximate surface area is 98.9 Å². The third-order valence-electron chi connectivity index (χ3n) is 2.61. The number of aromatic nitrogens is 1. The molecule has 2 aromatic heterocycles. The van der Waals surface area contributed by atoms with Crippen LogP contribution in [0.2, 0.25) is 0 Å². The van der Waals surface area contributed by atoms with Gasteiger partial charge >= 0.3 is 0 Å². The van der Waals surface area contributed by atoms with Gasteiger partial charge in [0.2, 0.25) is 0 Å². The van der Waals surface area contributed by atoms with E-state index in [0.717, 1.165) is 5.52 Å². The van der Waals surface area contributed by atoms with Gasteiger partial charge in [-0.05, 0) is 12.1 Å². The normalized spacial score (nSPS) is 10.3. The van der Waals surface area contributed by atoms with Crippen molar-refractivity contribution in [3.05, 3.63) is 30.1 Å². The van der Waals surface area contributed by atoms with Gasteiger partial charge in [0.15, 0.2) is 11.5 Å². The van der Waals surface area contributed by atoms with Crippen LogP contribution in [0.1, 0.15) is 10.4 Å². The summed E-state index contributed by atoms with van der Waals surface area (Å²) < 4.78 is 12.3. The lowest BCUT2D eigenvalue weighted by Gasteiger charge is -2.03. The minimum absolute atomic E-state index is 0.130. The molecule has 0 bridgehead atoms. The molecule has 0 atom stereocenters. The molecule has 0 spiro atoms. The Balaban J connectivity index is 2.62. The molecule has 17 heavy (non-hydrogen) atoms. The predicted molar refractivity (Wildman–Crippen MR) is 63.9 cm³/mol. The zero-order valence-corrected chi connectivity index (χ0v) is 9.98. The van der Waals surface area contributed by atoms with E-state index in [4.69, 9.17) is 9.47 Å². The van der Waals surface area contributed by atoms with Crippen molar-refractivity contribution in [2.24, 2.45) is 0 Å². The molecule has 0 radical (unpaired) electrons. The quantitative estimate of drug-likeness (QED) is 0.871. The van der Waals surface area contributed by atoms with Crippen molar-refractivity contribution in [3.8, 4) is 11.5 Å². The van der Waals surface area contributed by atoms with Gasteiger partial charge in [-0.15, -0.1) is 0 Å². The topological polar surface area (TPSA) is 52.0 Å². The van der Waals surface area contributed by atoms with E-state index in [0.29, 0.717) is 17.1 Å². The van der Waals surface area contributed by atoms with Crippen molar-refractivity contribution in [3.63, 3.8) is 0 Å². The number of amides is 1. The van der Waals surface area contributed by atoms with Gasteiger partial charge in [-0.1, -0.05) is 0 Å². The minimum atomic E-state index is -0.130. The SMILES string of the molecule is CNC(=O)c1ccn2cc(OC)c(OC)c2c1. The molecule has 0 aliphatic heterocycles. The van der Waals surface area contributed by atoms with E-state index < -0.39 is 0 Å². The highest BCUT2D eigenvalue weighted by molar-refractivity contribution is 5.95. The Kier molecular flexibility index (Phi) is 2.91. The van der Waals surface area contributed by atoms with Crippen LogP contribution in [0.3, 0.4) is 0 Å². The standard InChI is InChI=1S/C12H14N2O3/c1-13-12(15)8-4-5-14-7-10(16-2)11(17-3)9(14)6-8/h4-7H,1-3H3,(H,13,15). The van der Waals surface area contributed by atoms with E-state index in [2.05, 4.69) is 5.32 Å². The van der Waals surface area contributed by atoms with Crippen LogP contribution < -0.4 is 14.8 Å². The fraction of sp³-hybridized carbons (Fsp3) is 0.250. The predicted octanol–water partition coefficient (Wildman–Crippen LogP) is 1.32. The highest BCUT2D eigenvalue weighted by Gasteiger charge is 2.13. The van der Waals surface area contributed by atoms with Gasteiger partial charge in [0, 0.05) is 18.8 Å². The van der Waals surface area contributed by atoms with E-state index in [9.17, 15) is 4.79 Å². The Bertz CT molecular complexity index is 560. The third kappa shape index (κ3) is 1.80. The lowest BCUT2D eigenvalue weighted by molar-refractivity contribution is 0.0963. The highest BCUT2D eigenvalue weighted by atomic mass is 16.5. The first kappa shape index (κ1) is 11.3. The molecule has 90 valence electrons. The monoisotopic (exact) mass is 234 g/mol. The minimum Gasteiger partial charge on any atom is -0.491 e. The second kappa shape index (κ2) is 4.37. The van der Waals surface area contributed by atoms with Gasteiger partial charge in [0.05, 0.1) is 25.9 Å². The second-order valence-corrected chi connectivity index (χ2v) is 3.52. The largest absolute Gasteiger partial charge is 0.491 e. The molecule has 0 unspecified atom stereocenters. The van der Waals surface area contributed by atoms with Gasteiger partial charge in [-0.25, -0.2) is 0 Å². The lowest BCUT2D eigenvalue weighted by atomic mass is 10.2. The number of carbonyl (C=O) groups is 1. The molecule has 0 saturated carbocycles. The molecule has 2 rings (SSSR count). The third-order valence-corrected chi connectivity index (χ3v) is 2.61. The smallest absolute Gasteiger partial charge is 0.251 e. The van der Waals surface area contributed by atoms with Crippen molar-refractivity contribution >= 4 is 11.4 Å². The van der Waals surface area contributed by atoms with Crippen molar-refractivity contribution in [2.45, 2.75) is 0 Å². The molecule has 0 aromatic carbocycles. The van der Waals surface area contributed by atoms with E-state index in [1.807, 2.05) is 10.6 Å². The van der Waals surface area contributed by atoms with Gasteiger partial charge in [-0.3, -0.25) is 4.79 Å². The maximum atomic E-state index is 11.5. The summed E-state index contributed by atoms with van der Waals surface area (Å²) in [6, 6.07) is 3.50. The van der Waals surface area contributed by atoms with Crippen LogP contribution in [0.25, 0.3) is 5.52 Å². The molecule has 5 heteroatoms. The van der Waals surface area contributed by atoms with Crippen LogP contribution in [-0.2, 0) is 0 Å². The van der Waals surface area contributed by atoms with Gasteiger partial charge in [0.1, 0.15) is 0 Å². The Morgan fingerprint density at radius 1 is 1.35 bits per heavy atom. The number of carbonyl (C=O) groups excluding carboxylic acids is 1. The number of fused-ring (bicyclic) bond motifs is 1. The number of pyridine rings is 1. The summed E-state index contributed by atoms with van der Waals surface area (Å²) in [5.74, 6) is 1.13. The molecule has 0 aliphatic carbocycles. The molecule has 2 heterocycles. The van der Waals surface area contributed by atoms with Crippen molar-refractivity contribution < 1.29 is 14.3 Å². The summed E-state index contributed by atoms with van der Waals surface area (Å²) in [5, 5.41) is 2.58. The number of hydrogen-bond donors (Lipinski definition) is 1. The fourth-order valence-corrected chi connectivity index (χ4v) is 1.75. The number of nitrogens with zero attached hydrogens (tertiary/aromatic N) is 1. The van der Waals surface area contributed by atoms with Crippen LogP contribution in [0, 0.1) is 0 Å². The Morgan fingerprint density at radius 3 is 2.71 bits per heavy atom. The summed E-state index contributed by atoms with van der Waals surface area (Å²) in [6.45, 7) is 0. The zero-order chi connectivity index (χ0) is 12.4. The Morgan fingerprint density at radius 2 is 2.12 bits per heavy atom. The molecule has 2 aromatic rings. The number of nitrogens with one attached hydrogen (secondary N) is 1. The maximum Gasteiger partial charge on any atom is 0.251 e. The molecular formula is C12H14N2O3.